The van der Waals surface area contributed by atoms with Crippen LogP contribution in [0, 0.1) is 0 Å². The number of likely N-dealkylation sites (tertiary alicyclic amines) is 1. The molecule has 1 N–H and O–H groups in total. The number of benzene rings is 1. The average Bonchev–Trinajstić information content (AvgIpc) is 3.13. The lowest BCUT2D eigenvalue weighted by Gasteiger charge is -2.25. The fourth-order valence-corrected chi connectivity index (χ4v) is 3.46. The third-order valence-corrected chi connectivity index (χ3v) is 4.97. The number of rotatable bonds is 7. The standard InChI is InChI=1S/C21H29N3O2/c1-3-24(4-2)18-10-8-17(9-11-18)22-21(25)20-13-12-19(26-20)16-23-14-6-5-7-15-23/h8-13H,3-7,14-16H2,1-2H3,(H,22,25). The van der Waals surface area contributed by atoms with Gasteiger partial charge in [0.25, 0.3) is 5.91 Å². The van der Waals surface area contributed by atoms with E-state index < -0.39 is 0 Å². The molecule has 1 aliphatic rings. The second-order valence-corrected chi connectivity index (χ2v) is 6.78. The zero-order valence-corrected chi connectivity index (χ0v) is 15.8. The second-order valence-electron chi connectivity index (χ2n) is 6.78. The molecular weight excluding hydrogens is 326 g/mol. The normalized spacial score (nSPS) is 15.0. The molecule has 1 amide bonds. The number of anilines is 2. The summed E-state index contributed by atoms with van der Waals surface area (Å²) < 4.78 is 5.76. The van der Waals surface area contributed by atoms with Crippen LogP contribution in [-0.4, -0.2) is 37.0 Å². The van der Waals surface area contributed by atoms with Crippen molar-refractivity contribution in [3.05, 3.63) is 47.9 Å². The Morgan fingerprint density at radius 1 is 1.04 bits per heavy atom. The van der Waals surface area contributed by atoms with Gasteiger partial charge < -0.3 is 14.6 Å². The maximum absolute atomic E-state index is 12.4. The second kappa shape index (κ2) is 8.90. The molecule has 1 aliphatic heterocycles. The van der Waals surface area contributed by atoms with Gasteiger partial charge in [-0.2, -0.15) is 0 Å². The Hall–Kier alpha value is -2.27. The summed E-state index contributed by atoms with van der Waals surface area (Å²) in [5, 5.41) is 2.91. The van der Waals surface area contributed by atoms with E-state index in [2.05, 4.69) is 29.0 Å². The number of piperidine rings is 1. The van der Waals surface area contributed by atoms with Gasteiger partial charge >= 0.3 is 0 Å². The summed E-state index contributed by atoms with van der Waals surface area (Å²) in [7, 11) is 0. The highest BCUT2D eigenvalue weighted by atomic mass is 16.4. The molecule has 1 aromatic carbocycles. The van der Waals surface area contributed by atoms with E-state index in [1.165, 1.54) is 19.3 Å². The number of carbonyl (C=O) groups is 1. The molecule has 5 nitrogen and oxygen atoms in total. The lowest BCUT2D eigenvalue weighted by molar-refractivity contribution is 0.0992. The van der Waals surface area contributed by atoms with Gasteiger partial charge in [-0.25, -0.2) is 0 Å². The monoisotopic (exact) mass is 355 g/mol. The minimum atomic E-state index is -0.203. The molecule has 0 saturated carbocycles. The van der Waals surface area contributed by atoms with E-state index in [4.69, 9.17) is 4.42 Å². The summed E-state index contributed by atoms with van der Waals surface area (Å²) in [5.41, 5.74) is 1.94. The van der Waals surface area contributed by atoms with Crippen molar-refractivity contribution in [3.63, 3.8) is 0 Å². The van der Waals surface area contributed by atoms with Crippen LogP contribution in [0.25, 0.3) is 0 Å². The summed E-state index contributed by atoms with van der Waals surface area (Å²) in [6.07, 6.45) is 3.81. The van der Waals surface area contributed by atoms with Gasteiger partial charge in [-0.1, -0.05) is 6.42 Å². The molecule has 0 aliphatic carbocycles. The first kappa shape index (κ1) is 18.5. The average molecular weight is 355 g/mol. The van der Waals surface area contributed by atoms with E-state index in [1.54, 1.807) is 6.07 Å². The Labute approximate surface area is 156 Å². The highest BCUT2D eigenvalue weighted by molar-refractivity contribution is 6.02. The van der Waals surface area contributed by atoms with Gasteiger partial charge in [-0.3, -0.25) is 9.69 Å². The minimum absolute atomic E-state index is 0.203. The molecule has 140 valence electrons. The molecule has 0 unspecified atom stereocenters. The van der Waals surface area contributed by atoms with Gasteiger partial charge in [0, 0.05) is 24.5 Å². The van der Waals surface area contributed by atoms with Crippen LogP contribution < -0.4 is 10.2 Å². The molecular formula is C21H29N3O2. The first-order chi connectivity index (χ1) is 12.7. The molecule has 5 heteroatoms. The van der Waals surface area contributed by atoms with Crippen LogP contribution >= 0.6 is 0 Å². The van der Waals surface area contributed by atoms with E-state index >= 15 is 0 Å². The first-order valence-corrected chi connectivity index (χ1v) is 9.67. The number of carbonyl (C=O) groups excluding carboxylic acids is 1. The Morgan fingerprint density at radius 3 is 2.38 bits per heavy atom. The maximum atomic E-state index is 12.4. The molecule has 2 heterocycles. The van der Waals surface area contributed by atoms with Crippen molar-refractivity contribution in [3.8, 4) is 0 Å². The van der Waals surface area contributed by atoms with Gasteiger partial charge in [0.15, 0.2) is 5.76 Å². The summed E-state index contributed by atoms with van der Waals surface area (Å²) in [6, 6.07) is 11.6. The van der Waals surface area contributed by atoms with Crippen LogP contribution in [0.3, 0.4) is 0 Å². The van der Waals surface area contributed by atoms with Gasteiger partial charge in [0.1, 0.15) is 5.76 Å². The Kier molecular flexibility index (Phi) is 6.34. The number of hydrogen-bond acceptors (Lipinski definition) is 4. The first-order valence-electron chi connectivity index (χ1n) is 9.67. The molecule has 0 radical (unpaired) electrons. The highest BCUT2D eigenvalue weighted by Crippen LogP contribution is 2.19. The molecule has 1 saturated heterocycles. The molecule has 2 aromatic rings. The molecule has 1 aromatic heterocycles. The van der Waals surface area contributed by atoms with E-state index in [9.17, 15) is 4.79 Å². The molecule has 0 atom stereocenters. The van der Waals surface area contributed by atoms with Crippen molar-refractivity contribution in [1.29, 1.82) is 0 Å². The van der Waals surface area contributed by atoms with Crippen LogP contribution in [0.5, 0.6) is 0 Å². The lowest BCUT2D eigenvalue weighted by atomic mass is 10.1. The topological polar surface area (TPSA) is 48.7 Å². The van der Waals surface area contributed by atoms with Gasteiger partial charge in [-0.05, 0) is 76.2 Å². The van der Waals surface area contributed by atoms with Crippen LogP contribution in [-0.2, 0) is 6.54 Å². The largest absolute Gasteiger partial charge is 0.455 e. The van der Waals surface area contributed by atoms with Crippen molar-refractivity contribution in [2.45, 2.75) is 39.7 Å². The highest BCUT2D eigenvalue weighted by Gasteiger charge is 2.15. The van der Waals surface area contributed by atoms with Crippen molar-refractivity contribution < 1.29 is 9.21 Å². The Morgan fingerprint density at radius 2 is 1.73 bits per heavy atom. The van der Waals surface area contributed by atoms with Gasteiger partial charge in [0.05, 0.1) is 6.54 Å². The predicted molar refractivity (Wildman–Crippen MR) is 106 cm³/mol. The zero-order valence-electron chi connectivity index (χ0n) is 15.8. The summed E-state index contributed by atoms with van der Waals surface area (Å²) in [5.74, 6) is 1.02. The van der Waals surface area contributed by atoms with E-state index in [-0.39, 0.29) is 5.91 Å². The van der Waals surface area contributed by atoms with Crippen molar-refractivity contribution in [1.82, 2.24) is 4.90 Å². The quantitative estimate of drug-likeness (QED) is 0.801. The number of nitrogens with one attached hydrogen (secondary N) is 1. The SMILES string of the molecule is CCN(CC)c1ccc(NC(=O)c2ccc(CN3CCCCC3)o2)cc1. The van der Waals surface area contributed by atoms with Gasteiger partial charge in [0.2, 0.25) is 0 Å². The van der Waals surface area contributed by atoms with Crippen molar-refractivity contribution in [2.24, 2.45) is 0 Å². The van der Waals surface area contributed by atoms with E-state index in [1.807, 2.05) is 30.3 Å². The third kappa shape index (κ3) is 4.67. The minimum Gasteiger partial charge on any atom is -0.455 e. The summed E-state index contributed by atoms with van der Waals surface area (Å²) in [4.78, 5) is 17.1. The number of furan rings is 1. The van der Waals surface area contributed by atoms with E-state index in [0.717, 1.165) is 49.9 Å². The fourth-order valence-electron chi connectivity index (χ4n) is 3.46. The van der Waals surface area contributed by atoms with Crippen LogP contribution in [0.15, 0.2) is 40.8 Å². The summed E-state index contributed by atoms with van der Waals surface area (Å²) >= 11 is 0. The fraction of sp³-hybridized carbons (Fsp3) is 0.476. The molecule has 26 heavy (non-hydrogen) atoms. The van der Waals surface area contributed by atoms with Crippen molar-refractivity contribution >= 4 is 17.3 Å². The number of nitrogens with zero attached hydrogens (tertiary/aromatic N) is 2. The third-order valence-electron chi connectivity index (χ3n) is 4.97. The Bertz CT molecular complexity index is 698. The zero-order chi connectivity index (χ0) is 18.4. The van der Waals surface area contributed by atoms with E-state index in [0.29, 0.717) is 5.76 Å². The predicted octanol–water partition coefficient (Wildman–Crippen LogP) is 4.36. The van der Waals surface area contributed by atoms with Crippen molar-refractivity contribution in [2.75, 3.05) is 36.4 Å². The Balaban J connectivity index is 1.57. The van der Waals surface area contributed by atoms with Crippen LogP contribution in [0.1, 0.15) is 49.4 Å². The summed E-state index contributed by atoms with van der Waals surface area (Å²) in [6.45, 7) is 9.21. The maximum Gasteiger partial charge on any atom is 0.291 e. The van der Waals surface area contributed by atoms with Gasteiger partial charge in [-0.15, -0.1) is 0 Å². The molecule has 0 spiro atoms. The number of amides is 1. The molecule has 0 bridgehead atoms. The van der Waals surface area contributed by atoms with Crippen LogP contribution in [0.2, 0.25) is 0 Å². The number of hydrogen-bond donors (Lipinski definition) is 1. The molecule has 3 rings (SSSR count). The smallest absolute Gasteiger partial charge is 0.291 e. The molecule has 1 fully saturated rings. The lowest BCUT2D eigenvalue weighted by Crippen LogP contribution is -2.28. The van der Waals surface area contributed by atoms with Crippen LogP contribution in [0.4, 0.5) is 11.4 Å².